The molecule has 3 aromatic rings. The highest BCUT2D eigenvalue weighted by molar-refractivity contribution is 5.79. The zero-order chi connectivity index (χ0) is 26.0. The van der Waals surface area contributed by atoms with Crippen LogP contribution in [0.2, 0.25) is 0 Å². The van der Waals surface area contributed by atoms with Gasteiger partial charge in [-0.3, -0.25) is 4.90 Å². The minimum atomic E-state index is -0.824. The molecular formula is C32H35NO5. The quantitative estimate of drug-likeness (QED) is 0.402. The number of carbonyl (C=O) groups excluding carboxylic acids is 1. The zero-order valence-corrected chi connectivity index (χ0v) is 21.6. The third kappa shape index (κ3) is 5.08. The molecule has 198 valence electrons. The maximum absolute atomic E-state index is 13.4. The summed E-state index contributed by atoms with van der Waals surface area (Å²) in [6.45, 7) is 2.32. The minimum Gasteiger partial charge on any atom is -0.448 e. The van der Waals surface area contributed by atoms with Crippen molar-refractivity contribution in [3.05, 3.63) is 95.6 Å². The van der Waals surface area contributed by atoms with E-state index in [1.165, 1.54) is 22.3 Å². The SMILES string of the molecule is O=C(OCC1c2ccccc2-c2ccccc21)N1C2COCC1CC(O)(CCCOCc1ccccc1)C2. The third-order valence-electron chi connectivity index (χ3n) is 8.23. The van der Waals surface area contributed by atoms with Crippen molar-refractivity contribution >= 4 is 6.09 Å². The fourth-order valence-corrected chi connectivity index (χ4v) is 6.51. The molecule has 3 aliphatic rings. The van der Waals surface area contributed by atoms with Gasteiger partial charge in [-0.25, -0.2) is 4.79 Å². The van der Waals surface area contributed by atoms with Crippen molar-refractivity contribution in [3.63, 3.8) is 0 Å². The number of benzene rings is 3. The average Bonchev–Trinajstić information content (AvgIpc) is 3.25. The molecule has 2 heterocycles. The van der Waals surface area contributed by atoms with Crippen molar-refractivity contribution in [1.29, 1.82) is 0 Å². The molecule has 2 saturated heterocycles. The molecule has 2 aliphatic heterocycles. The molecule has 2 atom stereocenters. The number of hydrogen-bond acceptors (Lipinski definition) is 5. The van der Waals surface area contributed by atoms with Gasteiger partial charge in [-0.1, -0.05) is 78.9 Å². The molecule has 0 spiro atoms. The van der Waals surface area contributed by atoms with Crippen LogP contribution in [0.3, 0.4) is 0 Å². The molecule has 0 aromatic heterocycles. The second kappa shape index (κ2) is 10.9. The molecule has 1 aliphatic carbocycles. The third-order valence-corrected chi connectivity index (χ3v) is 8.23. The first kappa shape index (κ1) is 25.1. The van der Waals surface area contributed by atoms with Crippen LogP contribution in [-0.4, -0.2) is 60.2 Å². The van der Waals surface area contributed by atoms with Gasteiger partial charge >= 0.3 is 6.09 Å². The van der Waals surface area contributed by atoms with Crippen molar-refractivity contribution in [3.8, 4) is 11.1 Å². The van der Waals surface area contributed by atoms with E-state index in [0.29, 0.717) is 52.3 Å². The lowest BCUT2D eigenvalue weighted by Crippen LogP contribution is -2.63. The number of morpholine rings is 1. The van der Waals surface area contributed by atoms with E-state index in [1.54, 1.807) is 0 Å². The number of aliphatic hydroxyl groups is 1. The Morgan fingerprint density at radius 1 is 0.895 bits per heavy atom. The second-order valence-electron chi connectivity index (χ2n) is 10.8. The van der Waals surface area contributed by atoms with E-state index in [0.717, 1.165) is 12.0 Å². The minimum absolute atomic E-state index is 0.0278. The predicted molar refractivity (Wildman–Crippen MR) is 145 cm³/mol. The zero-order valence-electron chi connectivity index (χ0n) is 21.6. The molecule has 2 unspecified atom stereocenters. The Kier molecular flexibility index (Phi) is 7.20. The molecule has 0 radical (unpaired) electrons. The first-order valence-corrected chi connectivity index (χ1v) is 13.7. The summed E-state index contributed by atoms with van der Waals surface area (Å²) in [6.07, 6.45) is 2.10. The summed E-state index contributed by atoms with van der Waals surface area (Å²) in [6, 6.07) is 26.4. The molecule has 3 aromatic carbocycles. The van der Waals surface area contributed by atoms with Crippen LogP contribution >= 0.6 is 0 Å². The molecule has 6 nitrogen and oxygen atoms in total. The second-order valence-corrected chi connectivity index (χ2v) is 10.8. The summed E-state index contributed by atoms with van der Waals surface area (Å²) in [5.74, 6) is 0.0278. The fourth-order valence-electron chi connectivity index (χ4n) is 6.51. The largest absolute Gasteiger partial charge is 0.448 e. The number of hydrogen-bond donors (Lipinski definition) is 1. The molecule has 2 fully saturated rings. The van der Waals surface area contributed by atoms with Crippen LogP contribution in [0.15, 0.2) is 78.9 Å². The van der Waals surface area contributed by atoms with E-state index in [1.807, 2.05) is 47.4 Å². The van der Waals surface area contributed by atoms with Crippen LogP contribution in [-0.2, 0) is 20.8 Å². The number of rotatable bonds is 8. The Bertz CT molecular complexity index is 1200. The van der Waals surface area contributed by atoms with E-state index in [4.69, 9.17) is 14.2 Å². The number of fused-ring (bicyclic) bond motifs is 5. The van der Waals surface area contributed by atoms with E-state index in [9.17, 15) is 9.90 Å². The maximum Gasteiger partial charge on any atom is 0.410 e. The lowest BCUT2D eigenvalue weighted by atomic mass is 9.78. The van der Waals surface area contributed by atoms with E-state index < -0.39 is 5.60 Å². The predicted octanol–water partition coefficient (Wildman–Crippen LogP) is 5.53. The van der Waals surface area contributed by atoms with Crippen LogP contribution in [0.25, 0.3) is 11.1 Å². The van der Waals surface area contributed by atoms with Gasteiger partial charge in [0.1, 0.15) is 6.61 Å². The van der Waals surface area contributed by atoms with E-state index in [2.05, 4.69) is 36.4 Å². The molecule has 2 bridgehead atoms. The summed E-state index contributed by atoms with van der Waals surface area (Å²) in [4.78, 5) is 15.2. The Balaban J connectivity index is 1.05. The molecule has 38 heavy (non-hydrogen) atoms. The standard InChI is InChI=1S/C32H35NO5/c34-31(38-22-30-28-13-6-4-11-26(28)27-12-5-7-14-29(27)30)33-24-17-32(35,18-25(33)21-37-20-24)15-8-16-36-19-23-9-2-1-3-10-23/h1-7,9-14,24-25,30,35H,8,15-22H2. The molecular weight excluding hydrogens is 478 g/mol. The Hall–Kier alpha value is -3.19. The van der Waals surface area contributed by atoms with Crippen molar-refractivity contribution in [2.75, 3.05) is 26.4 Å². The van der Waals surface area contributed by atoms with Gasteiger partial charge in [0.25, 0.3) is 0 Å². The first-order valence-electron chi connectivity index (χ1n) is 13.7. The van der Waals surface area contributed by atoms with Gasteiger partial charge in [0.2, 0.25) is 0 Å². The monoisotopic (exact) mass is 513 g/mol. The number of nitrogens with zero attached hydrogens (tertiary/aromatic N) is 1. The first-order chi connectivity index (χ1) is 18.6. The number of amides is 1. The summed E-state index contributed by atoms with van der Waals surface area (Å²) in [5.41, 5.74) is 5.15. The van der Waals surface area contributed by atoms with Crippen LogP contribution < -0.4 is 0 Å². The van der Waals surface area contributed by atoms with Crippen LogP contribution in [0.4, 0.5) is 4.79 Å². The molecule has 6 rings (SSSR count). The highest BCUT2D eigenvalue weighted by Crippen LogP contribution is 2.45. The summed E-state index contributed by atoms with van der Waals surface area (Å²) < 4.78 is 17.6. The average molecular weight is 514 g/mol. The maximum atomic E-state index is 13.4. The Morgan fingerprint density at radius 2 is 1.50 bits per heavy atom. The van der Waals surface area contributed by atoms with Gasteiger partial charge in [0.15, 0.2) is 0 Å². The highest BCUT2D eigenvalue weighted by atomic mass is 16.6. The summed E-state index contributed by atoms with van der Waals surface area (Å²) in [5, 5.41) is 11.4. The van der Waals surface area contributed by atoms with Gasteiger partial charge in [-0.15, -0.1) is 0 Å². The lowest BCUT2D eigenvalue weighted by Gasteiger charge is -2.51. The number of ether oxygens (including phenoxy) is 3. The Labute approximate surface area is 224 Å². The van der Waals surface area contributed by atoms with Crippen LogP contribution in [0.5, 0.6) is 0 Å². The number of carbonyl (C=O) groups is 1. The van der Waals surface area contributed by atoms with Gasteiger partial charge in [0, 0.05) is 12.5 Å². The van der Waals surface area contributed by atoms with Crippen molar-refractivity contribution in [1.82, 2.24) is 4.90 Å². The van der Waals surface area contributed by atoms with E-state index in [-0.39, 0.29) is 24.1 Å². The van der Waals surface area contributed by atoms with Crippen molar-refractivity contribution in [2.45, 2.75) is 55.9 Å². The van der Waals surface area contributed by atoms with Gasteiger partial charge in [-0.2, -0.15) is 0 Å². The fraction of sp³-hybridized carbons (Fsp3) is 0.406. The van der Waals surface area contributed by atoms with E-state index >= 15 is 0 Å². The lowest BCUT2D eigenvalue weighted by molar-refractivity contribution is -0.136. The van der Waals surface area contributed by atoms with Crippen molar-refractivity contribution in [2.24, 2.45) is 0 Å². The normalized spacial score (nSPS) is 24.1. The highest BCUT2D eigenvalue weighted by Gasteiger charge is 2.48. The molecule has 0 saturated carbocycles. The van der Waals surface area contributed by atoms with Gasteiger partial charge < -0.3 is 19.3 Å². The van der Waals surface area contributed by atoms with Crippen LogP contribution in [0, 0.1) is 0 Å². The smallest absolute Gasteiger partial charge is 0.410 e. The summed E-state index contributed by atoms with van der Waals surface area (Å²) >= 11 is 0. The summed E-state index contributed by atoms with van der Waals surface area (Å²) in [7, 11) is 0. The van der Waals surface area contributed by atoms with Crippen molar-refractivity contribution < 1.29 is 24.1 Å². The van der Waals surface area contributed by atoms with Gasteiger partial charge in [0.05, 0.1) is 37.5 Å². The number of piperidine rings is 1. The topological polar surface area (TPSA) is 68.2 Å². The molecule has 6 heteroatoms. The van der Waals surface area contributed by atoms with Gasteiger partial charge in [-0.05, 0) is 53.5 Å². The van der Waals surface area contributed by atoms with Crippen LogP contribution in [0.1, 0.15) is 48.3 Å². The molecule has 1 N–H and O–H groups in total. The Morgan fingerprint density at radius 3 is 2.16 bits per heavy atom. The molecule has 1 amide bonds.